The maximum Gasteiger partial charge on any atom is 0.248 e. The average Bonchev–Trinajstić information content (AvgIpc) is 2.21. The van der Waals surface area contributed by atoms with Crippen LogP contribution in [0.5, 0.6) is 0 Å². The second-order valence-electron chi connectivity index (χ2n) is 3.29. The molecule has 0 aliphatic rings. The van der Waals surface area contributed by atoms with Crippen molar-refractivity contribution in [1.82, 2.24) is 0 Å². The third-order valence-corrected chi connectivity index (χ3v) is 2.67. The van der Waals surface area contributed by atoms with E-state index in [1.165, 1.54) is 24.6 Å². The van der Waals surface area contributed by atoms with Gasteiger partial charge in [0, 0.05) is 18.7 Å². The van der Waals surface area contributed by atoms with Crippen LogP contribution < -0.4 is 11.5 Å². The van der Waals surface area contributed by atoms with Crippen LogP contribution in [0.4, 0.5) is 0 Å². The zero-order chi connectivity index (χ0) is 11.5. The lowest BCUT2D eigenvalue weighted by atomic mass is 10.1. The summed E-state index contributed by atoms with van der Waals surface area (Å²) >= 11 is 1.33. The first kappa shape index (κ1) is 14.5. The number of thioether (sulfide) groups is 1. The summed E-state index contributed by atoms with van der Waals surface area (Å²) in [5.74, 6) is 0.589. The van der Waals surface area contributed by atoms with E-state index in [0.717, 1.165) is 12.8 Å². The van der Waals surface area contributed by atoms with Gasteiger partial charge in [-0.25, -0.2) is 0 Å². The first-order chi connectivity index (χ1) is 7.20. The Morgan fingerprint density at radius 2 is 2.07 bits per heavy atom. The molecule has 0 bridgehead atoms. The number of hydrogen-bond acceptors (Lipinski definition) is 3. The lowest BCUT2D eigenvalue weighted by molar-refractivity contribution is -0.117. The van der Waals surface area contributed by atoms with Crippen molar-refractivity contribution in [2.24, 2.45) is 16.5 Å². The van der Waals surface area contributed by atoms with Crippen molar-refractivity contribution in [3.8, 4) is 0 Å². The lowest BCUT2D eigenvalue weighted by Crippen LogP contribution is -2.13. The van der Waals surface area contributed by atoms with E-state index in [4.69, 9.17) is 11.5 Å². The number of amidine groups is 1. The van der Waals surface area contributed by atoms with E-state index < -0.39 is 0 Å². The van der Waals surface area contributed by atoms with Gasteiger partial charge < -0.3 is 11.5 Å². The minimum atomic E-state index is -0.117. The van der Waals surface area contributed by atoms with E-state index in [2.05, 4.69) is 11.9 Å². The van der Waals surface area contributed by atoms with Crippen molar-refractivity contribution in [3.05, 3.63) is 0 Å². The van der Waals surface area contributed by atoms with E-state index in [0.29, 0.717) is 23.9 Å². The summed E-state index contributed by atoms with van der Waals surface area (Å²) in [5, 5.41) is 0.334. The number of hydrogen-bond donors (Lipinski definition) is 2. The van der Waals surface area contributed by atoms with E-state index in [1.54, 1.807) is 0 Å². The van der Waals surface area contributed by atoms with Crippen LogP contribution in [-0.4, -0.2) is 23.4 Å². The smallest absolute Gasteiger partial charge is 0.248 e. The fourth-order valence-corrected chi connectivity index (χ4v) is 1.57. The van der Waals surface area contributed by atoms with Crippen molar-refractivity contribution < 1.29 is 4.79 Å². The molecule has 0 saturated heterocycles. The Morgan fingerprint density at radius 1 is 1.33 bits per heavy atom. The standard InChI is InChI=1S/C10H21N3OS/c1-2-3-4-5-6-9(14)13-10(12)15-8-7-11/h2-8,11H2,1H3,(H2,12,13,14). The SMILES string of the molecule is CCCCCCC(=O)N=C(N)SCCN. The Hall–Kier alpha value is -0.550. The van der Waals surface area contributed by atoms with Crippen LogP contribution in [0.25, 0.3) is 0 Å². The number of carbonyl (C=O) groups excluding carboxylic acids is 1. The van der Waals surface area contributed by atoms with E-state index in [1.807, 2.05) is 0 Å². The minimum absolute atomic E-state index is 0.117. The fourth-order valence-electron chi connectivity index (χ4n) is 1.08. The molecule has 0 rings (SSSR count). The molecular weight excluding hydrogens is 210 g/mol. The number of nitrogens with zero attached hydrogens (tertiary/aromatic N) is 1. The summed E-state index contributed by atoms with van der Waals surface area (Å²) in [6.45, 7) is 2.69. The zero-order valence-electron chi connectivity index (χ0n) is 9.37. The molecule has 15 heavy (non-hydrogen) atoms. The van der Waals surface area contributed by atoms with Crippen LogP contribution >= 0.6 is 11.8 Å². The van der Waals surface area contributed by atoms with Crippen LogP contribution in [0.1, 0.15) is 39.0 Å². The fraction of sp³-hybridized carbons (Fsp3) is 0.800. The third kappa shape index (κ3) is 9.75. The number of carbonyl (C=O) groups is 1. The minimum Gasteiger partial charge on any atom is -0.378 e. The molecule has 4 N–H and O–H groups in total. The molecular formula is C10H21N3OS. The average molecular weight is 231 g/mol. The Bertz CT molecular complexity index is 207. The van der Waals surface area contributed by atoms with Gasteiger partial charge in [0.1, 0.15) is 0 Å². The van der Waals surface area contributed by atoms with Gasteiger partial charge in [-0.15, -0.1) is 0 Å². The van der Waals surface area contributed by atoms with Gasteiger partial charge in [0.2, 0.25) is 5.91 Å². The van der Waals surface area contributed by atoms with Crippen LogP contribution in [0.15, 0.2) is 4.99 Å². The molecule has 0 aromatic rings. The highest BCUT2D eigenvalue weighted by Crippen LogP contribution is 2.05. The summed E-state index contributed by atoms with van der Waals surface area (Å²) in [6, 6.07) is 0. The third-order valence-electron chi connectivity index (χ3n) is 1.85. The Morgan fingerprint density at radius 3 is 2.67 bits per heavy atom. The number of rotatable bonds is 7. The summed E-state index contributed by atoms with van der Waals surface area (Å²) in [4.78, 5) is 15.0. The summed E-state index contributed by atoms with van der Waals surface area (Å²) in [6.07, 6.45) is 4.85. The van der Waals surface area contributed by atoms with Crippen molar-refractivity contribution in [2.45, 2.75) is 39.0 Å². The first-order valence-electron chi connectivity index (χ1n) is 5.40. The molecule has 5 heteroatoms. The normalized spacial score (nSPS) is 11.7. The van der Waals surface area contributed by atoms with Crippen LogP contribution in [0.3, 0.4) is 0 Å². The number of unbranched alkanes of at least 4 members (excludes halogenated alkanes) is 3. The maximum absolute atomic E-state index is 11.3. The van der Waals surface area contributed by atoms with Gasteiger partial charge >= 0.3 is 0 Å². The van der Waals surface area contributed by atoms with Gasteiger partial charge in [0.25, 0.3) is 0 Å². The molecule has 4 nitrogen and oxygen atoms in total. The second kappa shape index (κ2) is 9.98. The Labute approximate surface area is 95.9 Å². The highest BCUT2D eigenvalue weighted by atomic mass is 32.2. The van der Waals surface area contributed by atoms with Crippen LogP contribution in [-0.2, 0) is 4.79 Å². The monoisotopic (exact) mass is 231 g/mol. The molecule has 0 aliphatic heterocycles. The molecule has 0 atom stereocenters. The molecule has 0 radical (unpaired) electrons. The first-order valence-corrected chi connectivity index (χ1v) is 6.39. The lowest BCUT2D eigenvalue weighted by Gasteiger charge is -1.99. The van der Waals surface area contributed by atoms with Crippen molar-refractivity contribution in [1.29, 1.82) is 0 Å². The van der Waals surface area contributed by atoms with Gasteiger partial charge in [-0.2, -0.15) is 4.99 Å². The summed E-state index contributed by atoms with van der Waals surface area (Å²) < 4.78 is 0. The molecule has 0 aliphatic carbocycles. The molecule has 0 heterocycles. The van der Waals surface area contributed by atoms with Crippen molar-refractivity contribution >= 4 is 22.8 Å². The number of nitrogens with two attached hydrogens (primary N) is 2. The molecule has 0 saturated carbocycles. The predicted molar refractivity (Wildman–Crippen MR) is 66.9 cm³/mol. The van der Waals surface area contributed by atoms with Gasteiger partial charge in [-0.1, -0.05) is 37.9 Å². The summed E-state index contributed by atoms with van der Waals surface area (Å²) in [7, 11) is 0. The van der Waals surface area contributed by atoms with Crippen molar-refractivity contribution in [2.75, 3.05) is 12.3 Å². The topological polar surface area (TPSA) is 81.5 Å². The largest absolute Gasteiger partial charge is 0.378 e. The number of amides is 1. The van der Waals surface area contributed by atoms with E-state index in [-0.39, 0.29) is 5.91 Å². The highest BCUT2D eigenvalue weighted by molar-refractivity contribution is 8.13. The quantitative estimate of drug-likeness (QED) is 0.395. The van der Waals surface area contributed by atoms with E-state index in [9.17, 15) is 4.79 Å². The molecule has 0 aromatic carbocycles. The Kier molecular flexibility index (Phi) is 9.62. The Balaban J connectivity index is 3.61. The zero-order valence-corrected chi connectivity index (χ0v) is 10.2. The van der Waals surface area contributed by atoms with Crippen molar-refractivity contribution in [3.63, 3.8) is 0 Å². The second-order valence-corrected chi connectivity index (χ2v) is 4.41. The van der Waals surface area contributed by atoms with Gasteiger partial charge in [-0.3, -0.25) is 4.79 Å². The van der Waals surface area contributed by atoms with Crippen LogP contribution in [0.2, 0.25) is 0 Å². The van der Waals surface area contributed by atoms with Crippen LogP contribution in [0, 0.1) is 0 Å². The number of aliphatic imine (C=N–C) groups is 1. The predicted octanol–water partition coefficient (Wildman–Crippen LogP) is 1.49. The van der Waals surface area contributed by atoms with Gasteiger partial charge in [-0.05, 0) is 6.42 Å². The molecule has 0 aromatic heterocycles. The molecule has 0 spiro atoms. The maximum atomic E-state index is 11.3. The molecule has 88 valence electrons. The molecule has 0 fully saturated rings. The molecule has 0 unspecified atom stereocenters. The summed E-state index contributed by atoms with van der Waals surface area (Å²) in [5.41, 5.74) is 10.8. The highest BCUT2D eigenvalue weighted by Gasteiger charge is 2.01. The van der Waals surface area contributed by atoms with Gasteiger partial charge in [0.15, 0.2) is 5.17 Å². The molecule has 1 amide bonds. The van der Waals surface area contributed by atoms with E-state index >= 15 is 0 Å². The van der Waals surface area contributed by atoms with Gasteiger partial charge in [0.05, 0.1) is 0 Å².